The van der Waals surface area contributed by atoms with Gasteiger partial charge in [-0.3, -0.25) is 0 Å². The van der Waals surface area contributed by atoms with E-state index in [1.54, 1.807) is 0 Å². The minimum absolute atomic E-state index is 0.193. The molecule has 3 aromatic rings. The van der Waals surface area contributed by atoms with Crippen LogP contribution in [0, 0.1) is 6.92 Å². The summed E-state index contributed by atoms with van der Waals surface area (Å²) in [5.74, 6) is 0. The normalized spacial score (nSPS) is 18.4. The highest BCUT2D eigenvalue weighted by molar-refractivity contribution is 6.31. The van der Waals surface area contributed by atoms with Crippen LogP contribution in [-0.2, 0) is 4.74 Å². The van der Waals surface area contributed by atoms with Crippen LogP contribution in [0.4, 0.5) is 0 Å². The van der Waals surface area contributed by atoms with Crippen LogP contribution in [-0.4, -0.2) is 29.1 Å². The molecule has 5 heteroatoms. The second-order valence-corrected chi connectivity index (χ2v) is 6.35. The second kappa shape index (κ2) is 5.96. The molecule has 3 heterocycles. The summed E-state index contributed by atoms with van der Waals surface area (Å²) in [6, 6.07) is 10.6. The molecule has 4 nitrogen and oxygen atoms in total. The van der Waals surface area contributed by atoms with E-state index in [0.717, 1.165) is 46.2 Å². The van der Waals surface area contributed by atoms with Crippen LogP contribution in [0.25, 0.3) is 16.8 Å². The molecule has 118 valence electrons. The van der Waals surface area contributed by atoms with Crippen molar-refractivity contribution in [1.29, 1.82) is 0 Å². The van der Waals surface area contributed by atoms with Crippen molar-refractivity contribution in [2.24, 2.45) is 0 Å². The molecule has 1 unspecified atom stereocenters. The fourth-order valence-electron chi connectivity index (χ4n) is 3.05. The molecule has 4 rings (SSSR count). The molecule has 23 heavy (non-hydrogen) atoms. The smallest absolute Gasteiger partial charge is 0.137 e. The molecule has 1 saturated heterocycles. The lowest BCUT2D eigenvalue weighted by Gasteiger charge is -2.24. The number of pyridine rings is 1. The zero-order chi connectivity index (χ0) is 15.8. The van der Waals surface area contributed by atoms with Crippen molar-refractivity contribution < 1.29 is 4.74 Å². The van der Waals surface area contributed by atoms with Crippen molar-refractivity contribution in [3.05, 3.63) is 59.0 Å². The fraction of sp³-hybridized carbons (Fsp3) is 0.278. The summed E-state index contributed by atoms with van der Waals surface area (Å²) >= 11 is 6.35. The summed E-state index contributed by atoms with van der Waals surface area (Å²) in [5.41, 5.74) is 5.33. The van der Waals surface area contributed by atoms with Crippen molar-refractivity contribution >= 4 is 17.2 Å². The number of fused-ring (bicyclic) bond motifs is 1. The number of halogens is 1. The van der Waals surface area contributed by atoms with Gasteiger partial charge in [-0.25, -0.2) is 4.98 Å². The number of morpholine rings is 1. The van der Waals surface area contributed by atoms with Crippen molar-refractivity contribution in [2.75, 3.05) is 19.8 Å². The first-order valence-corrected chi connectivity index (χ1v) is 8.14. The first-order chi connectivity index (χ1) is 11.2. The number of imidazole rings is 1. The highest BCUT2D eigenvalue weighted by Crippen LogP contribution is 2.29. The molecule has 0 bridgehead atoms. The van der Waals surface area contributed by atoms with Gasteiger partial charge in [0.15, 0.2) is 0 Å². The van der Waals surface area contributed by atoms with Gasteiger partial charge in [-0.1, -0.05) is 11.6 Å². The SMILES string of the molecule is Cc1cn2ccc(-c3cc(Cl)cc(C4COCCN4)c3)cc2n1. The summed E-state index contributed by atoms with van der Waals surface area (Å²) in [5, 5.41) is 4.21. The van der Waals surface area contributed by atoms with Gasteiger partial charge >= 0.3 is 0 Å². The number of aryl methyl sites for hydroxylation is 1. The number of aromatic nitrogens is 2. The summed E-state index contributed by atoms with van der Waals surface area (Å²) in [4.78, 5) is 4.53. The van der Waals surface area contributed by atoms with Gasteiger partial charge in [0.05, 0.1) is 24.9 Å². The molecule has 0 radical (unpaired) electrons. The zero-order valence-electron chi connectivity index (χ0n) is 12.9. The van der Waals surface area contributed by atoms with Crippen molar-refractivity contribution in [2.45, 2.75) is 13.0 Å². The Bertz CT molecular complexity index is 853. The summed E-state index contributed by atoms with van der Waals surface area (Å²) in [6.07, 6.45) is 4.05. The van der Waals surface area contributed by atoms with Crippen molar-refractivity contribution in [3.8, 4) is 11.1 Å². The standard InChI is InChI=1S/C18H18ClN3O/c1-12-10-22-4-2-13(9-18(22)21-12)14-6-15(8-16(19)7-14)17-11-23-5-3-20-17/h2,4,6-10,17,20H,3,5,11H2,1H3. The summed E-state index contributed by atoms with van der Waals surface area (Å²) in [6.45, 7) is 4.31. The van der Waals surface area contributed by atoms with E-state index in [4.69, 9.17) is 16.3 Å². The fourth-order valence-corrected chi connectivity index (χ4v) is 3.29. The number of nitrogens with zero attached hydrogens (tertiary/aromatic N) is 2. The predicted molar refractivity (Wildman–Crippen MR) is 91.9 cm³/mol. The molecule has 1 aliphatic rings. The predicted octanol–water partition coefficient (Wildman–Crippen LogP) is 3.62. The highest BCUT2D eigenvalue weighted by atomic mass is 35.5. The van der Waals surface area contributed by atoms with E-state index in [1.165, 1.54) is 0 Å². The van der Waals surface area contributed by atoms with E-state index < -0.39 is 0 Å². The number of hydrogen-bond acceptors (Lipinski definition) is 3. The lowest BCUT2D eigenvalue weighted by molar-refractivity contribution is 0.0769. The van der Waals surface area contributed by atoms with E-state index in [0.29, 0.717) is 6.61 Å². The largest absolute Gasteiger partial charge is 0.378 e. The maximum absolute atomic E-state index is 6.35. The van der Waals surface area contributed by atoms with Gasteiger partial charge in [0.2, 0.25) is 0 Å². The van der Waals surface area contributed by atoms with E-state index in [9.17, 15) is 0 Å². The number of ether oxygens (including phenoxy) is 1. The number of rotatable bonds is 2. The Morgan fingerprint density at radius 2 is 2.17 bits per heavy atom. The molecular weight excluding hydrogens is 310 g/mol. The third kappa shape index (κ3) is 2.98. The molecule has 1 fully saturated rings. The topological polar surface area (TPSA) is 38.6 Å². The van der Waals surface area contributed by atoms with Crippen molar-refractivity contribution in [3.63, 3.8) is 0 Å². The maximum atomic E-state index is 6.35. The minimum Gasteiger partial charge on any atom is -0.378 e. The number of benzene rings is 1. The average molecular weight is 328 g/mol. The van der Waals surface area contributed by atoms with E-state index >= 15 is 0 Å². The van der Waals surface area contributed by atoms with Crippen LogP contribution >= 0.6 is 11.6 Å². The van der Waals surface area contributed by atoms with Crippen LogP contribution in [0.5, 0.6) is 0 Å². The van der Waals surface area contributed by atoms with Gasteiger partial charge in [-0.15, -0.1) is 0 Å². The van der Waals surface area contributed by atoms with Gasteiger partial charge in [-0.05, 0) is 53.9 Å². The van der Waals surface area contributed by atoms with Gasteiger partial charge in [0.25, 0.3) is 0 Å². The Balaban J connectivity index is 1.75. The first kappa shape index (κ1) is 14.7. The molecule has 1 aliphatic heterocycles. The Labute approximate surface area is 140 Å². The molecule has 1 aromatic carbocycles. The summed E-state index contributed by atoms with van der Waals surface area (Å²) < 4.78 is 7.59. The molecular formula is C18H18ClN3O. The third-order valence-electron chi connectivity index (χ3n) is 4.16. The van der Waals surface area contributed by atoms with Crippen LogP contribution < -0.4 is 5.32 Å². The minimum atomic E-state index is 0.193. The molecule has 0 spiro atoms. The quantitative estimate of drug-likeness (QED) is 0.781. The van der Waals surface area contributed by atoms with Gasteiger partial charge < -0.3 is 14.5 Å². The Morgan fingerprint density at radius 1 is 1.26 bits per heavy atom. The molecule has 1 N–H and O–H groups in total. The van der Waals surface area contributed by atoms with E-state index in [1.807, 2.05) is 35.9 Å². The number of nitrogens with one attached hydrogen (secondary N) is 1. The van der Waals surface area contributed by atoms with Crippen molar-refractivity contribution in [1.82, 2.24) is 14.7 Å². The average Bonchev–Trinajstić information content (AvgIpc) is 2.94. The molecule has 0 amide bonds. The van der Waals surface area contributed by atoms with Gasteiger partial charge in [0, 0.05) is 24.0 Å². The zero-order valence-corrected chi connectivity index (χ0v) is 13.7. The lowest BCUT2D eigenvalue weighted by atomic mass is 10.00. The van der Waals surface area contributed by atoms with E-state index in [-0.39, 0.29) is 6.04 Å². The van der Waals surface area contributed by atoms with Crippen LogP contribution in [0.3, 0.4) is 0 Å². The maximum Gasteiger partial charge on any atom is 0.137 e. The summed E-state index contributed by atoms with van der Waals surface area (Å²) in [7, 11) is 0. The Morgan fingerprint density at radius 3 is 3.00 bits per heavy atom. The second-order valence-electron chi connectivity index (χ2n) is 5.92. The van der Waals surface area contributed by atoms with Gasteiger partial charge in [0.1, 0.15) is 5.65 Å². The monoisotopic (exact) mass is 327 g/mol. The number of hydrogen-bond donors (Lipinski definition) is 1. The Hall–Kier alpha value is -1.88. The van der Waals surface area contributed by atoms with Crippen LogP contribution in [0.1, 0.15) is 17.3 Å². The Kier molecular flexibility index (Phi) is 3.81. The molecule has 0 saturated carbocycles. The molecule has 1 atom stereocenters. The lowest BCUT2D eigenvalue weighted by Crippen LogP contribution is -2.34. The first-order valence-electron chi connectivity index (χ1n) is 7.76. The van der Waals surface area contributed by atoms with Crippen LogP contribution in [0.2, 0.25) is 5.02 Å². The van der Waals surface area contributed by atoms with E-state index in [2.05, 4.69) is 28.5 Å². The third-order valence-corrected chi connectivity index (χ3v) is 4.38. The highest BCUT2D eigenvalue weighted by Gasteiger charge is 2.16. The molecule has 0 aliphatic carbocycles. The van der Waals surface area contributed by atoms with Gasteiger partial charge in [-0.2, -0.15) is 0 Å². The van der Waals surface area contributed by atoms with Crippen LogP contribution in [0.15, 0.2) is 42.7 Å². The molecule has 2 aromatic heterocycles.